The number of anilines is 1. The number of ether oxygens (including phenoxy) is 1. The Bertz CT molecular complexity index is 897. The molecule has 0 unspecified atom stereocenters. The third kappa shape index (κ3) is 3.48. The molecule has 2 heterocycles. The standard InChI is InChI=1S/C20H19N3O4/c24-18-11-16(13-4-2-1-3-5-13)23(9-8-21-18)20(26)14-6-7-15-17(10-14)27-12-19(25)22-15/h1-7,10,16H,8-9,11-12H2,(H,21,24)(H,22,25)/t16-/m1/s1. The molecule has 1 saturated heterocycles. The molecule has 2 aliphatic heterocycles. The number of carbonyl (C=O) groups excluding carboxylic acids is 3. The van der Waals surface area contributed by atoms with Crippen LogP contribution in [0.3, 0.4) is 0 Å². The fourth-order valence-corrected chi connectivity index (χ4v) is 3.42. The summed E-state index contributed by atoms with van der Waals surface area (Å²) in [5, 5.41) is 5.54. The minimum Gasteiger partial charge on any atom is -0.482 e. The minimum atomic E-state index is -0.335. The van der Waals surface area contributed by atoms with Crippen LogP contribution in [0.25, 0.3) is 0 Å². The molecule has 1 fully saturated rings. The molecule has 0 aromatic heterocycles. The number of fused-ring (bicyclic) bond motifs is 1. The lowest BCUT2D eigenvalue weighted by atomic mass is 10.0. The summed E-state index contributed by atoms with van der Waals surface area (Å²) in [7, 11) is 0. The van der Waals surface area contributed by atoms with Crippen molar-refractivity contribution in [3.05, 3.63) is 59.7 Å². The third-order valence-electron chi connectivity index (χ3n) is 4.74. The molecule has 2 aliphatic rings. The van der Waals surface area contributed by atoms with E-state index in [2.05, 4.69) is 10.6 Å². The number of amides is 3. The van der Waals surface area contributed by atoms with Gasteiger partial charge in [0.15, 0.2) is 6.61 Å². The van der Waals surface area contributed by atoms with Crippen LogP contribution in [0.15, 0.2) is 48.5 Å². The first-order chi connectivity index (χ1) is 13.1. The Morgan fingerprint density at radius 3 is 2.70 bits per heavy atom. The van der Waals surface area contributed by atoms with Crippen LogP contribution in [0.1, 0.15) is 28.4 Å². The molecule has 2 aromatic rings. The summed E-state index contributed by atoms with van der Waals surface area (Å²) in [6.45, 7) is 0.754. The van der Waals surface area contributed by atoms with Crippen LogP contribution < -0.4 is 15.4 Å². The van der Waals surface area contributed by atoms with Crippen LogP contribution in [0.5, 0.6) is 5.75 Å². The first-order valence-electron chi connectivity index (χ1n) is 8.81. The molecule has 0 spiro atoms. The minimum absolute atomic E-state index is 0.0700. The third-order valence-corrected chi connectivity index (χ3v) is 4.74. The number of hydrogen-bond donors (Lipinski definition) is 2. The summed E-state index contributed by atoms with van der Waals surface area (Å²) in [6.07, 6.45) is 0.216. The van der Waals surface area contributed by atoms with Crippen molar-refractivity contribution in [3.63, 3.8) is 0 Å². The van der Waals surface area contributed by atoms with Crippen molar-refractivity contribution >= 4 is 23.4 Å². The van der Waals surface area contributed by atoms with Gasteiger partial charge in [0.2, 0.25) is 5.91 Å². The normalized spacial score (nSPS) is 19.3. The van der Waals surface area contributed by atoms with Gasteiger partial charge in [0.1, 0.15) is 5.75 Å². The molecule has 2 aromatic carbocycles. The van der Waals surface area contributed by atoms with Crippen molar-refractivity contribution in [2.75, 3.05) is 25.0 Å². The van der Waals surface area contributed by atoms with Crippen LogP contribution in [-0.2, 0) is 9.59 Å². The van der Waals surface area contributed by atoms with E-state index >= 15 is 0 Å². The summed E-state index contributed by atoms with van der Waals surface area (Å²) in [6, 6.07) is 14.2. The van der Waals surface area contributed by atoms with Crippen LogP contribution in [-0.4, -0.2) is 42.3 Å². The summed E-state index contributed by atoms with van der Waals surface area (Å²) in [5.41, 5.74) is 1.93. The predicted octanol–water partition coefficient (Wildman–Crippen LogP) is 1.72. The molecule has 0 aliphatic carbocycles. The molecule has 4 rings (SSSR count). The Hall–Kier alpha value is -3.35. The average molecular weight is 365 g/mol. The fourth-order valence-electron chi connectivity index (χ4n) is 3.42. The molecule has 7 nitrogen and oxygen atoms in total. The molecule has 1 atom stereocenters. The number of nitrogens with zero attached hydrogens (tertiary/aromatic N) is 1. The Morgan fingerprint density at radius 1 is 1.07 bits per heavy atom. The van der Waals surface area contributed by atoms with Gasteiger partial charge in [-0.1, -0.05) is 30.3 Å². The van der Waals surface area contributed by atoms with Gasteiger partial charge in [0.05, 0.1) is 18.2 Å². The van der Waals surface area contributed by atoms with Crippen molar-refractivity contribution in [2.24, 2.45) is 0 Å². The average Bonchev–Trinajstić information content (AvgIpc) is 2.89. The number of nitrogens with one attached hydrogen (secondary N) is 2. The molecule has 27 heavy (non-hydrogen) atoms. The lowest BCUT2D eigenvalue weighted by molar-refractivity contribution is -0.121. The topological polar surface area (TPSA) is 87.7 Å². The Balaban J connectivity index is 1.66. The number of carbonyl (C=O) groups is 3. The molecular weight excluding hydrogens is 346 g/mol. The Kier molecular flexibility index (Phi) is 4.50. The number of benzene rings is 2. The smallest absolute Gasteiger partial charge is 0.262 e. The zero-order chi connectivity index (χ0) is 18.8. The second-order valence-electron chi connectivity index (χ2n) is 6.53. The van der Waals surface area contributed by atoms with Gasteiger partial charge in [-0.3, -0.25) is 14.4 Å². The highest BCUT2D eigenvalue weighted by Crippen LogP contribution is 2.31. The van der Waals surface area contributed by atoms with Crippen molar-refractivity contribution < 1.29 is 19.1 Å². The van der Waals surface area contributed by atoms with E-state index in [4.69, 9.17) is 4.74 Å². The zero-order valence-corrected chi connectivity index (χ0v) is 14.6. The largest absolute Gasteiger partial charge is 0.482 e. The van der Waals surface area contributed by atoms with Crippen LogP contribution >= 0.6 is 0 Å². The highest BCUT2D eigenvalue weighted by Gasteiger charge is 2.31. The van der Waals surface area contributed by atoms with Crippen LogP contribution in [0, 0.1) is 0 Å². The highest BCUT2D eigenvalue weighted by atomic mass is 16.5. The summed E-state index contributed by atoms with van der Waals surface area (Å²) >= 11 is 0. The van der Waals surface area contributed by atoms with Crippen molar-refractivity contribution in [2.45, 2.75) is 12.5 Å². The van der Waals surface area contributed by atoms with E-state index < -0.39 is 0 Å². The number of rotatable bonds is 2. The van der Waals surface area contributed by atoms with Gasteiger partial charge in [-0.2, -0.15) is 0 Å². The van der Waals surface area contributed by atoms with E-state index in [1.54, 1.807) is 23.1 Å². The molecule has 0 radical (unpaired) electrons. The van der Waals surface area contributed by atoms with Crippen LogP contribution in [0.4, 0.5) is 5.69 Å². The molecule has 2 N–H and O–H groups in total. The Labute approximate surface area is 156 Å². The Morgan fingerprint density at radius 2 is 1.89 bits per heavy atom. The SMILES string of the molecule is O=C1C[C@H](c2ccccc2)N(C(=O)c2ccc3c(c2)OCC(=O)N3)CCN1. The molecular formula is C20H19N3O4. The molecule has 138 valence electrons. The van der Waals surface area contributed by atoms with Crippen molar-refractivity contribution in [3.8, 4) is 5.75 Å². The van der Waals surface area contributed by atoms with Gasteiger partial charge in [-0.05, 0) is 23.8 Å². The van der Waals surface area contributed by atoms with E-state index in [0.717, 1.165) is 5.56 Å². The monoisotopic (exact) mass is 365 g/mol. The fraction of sp³-hybridized carbons (Fsp3) is 0.250. The van der Waals surface area contributed by atoms with Gasteiger partial charge >= 0.3 is 0 Å². The van der Waals surface area contributed by atoms with Gasteiger partial charge in [-0.25, -0.2) is 0 Å². The van der Waals surface area contributed by atoms with Gasteiger partial charge in [-0.15, -0.1) is 0 Å². The quantitative estimate of drug-likeness (QED) is 0.848. The van der Waals surface area contributed by atoms with Crippen LogP contribution in [0.2, 0.25) is 0 Å². The van der Waals surface area contributed by atoms with Gasteiger partial charge < -0.3 is 20.3 Å². The van der Waals surface area contributed by atoms with E-state index in [1.165, 1.54) is 0 Å². The number of hydrogen-bond acceptors (Lipinski definition) is 4. The van der Waals surface area contributed by atoms with E-state index in [9.17, 15) is 14.4 Å². The van der Waals surface area contributed by atoms with E-state index in [0.29, 0.717) is 30.1 Å². The van der Waals surface area contributed by atoms with E-state index in [1.807, 2.05) is 30.3 Å². The first kappa shape index (κ1) is 17.1. The molecule has 0 saturated carbocycles. The molecule has 7 heteroatoms. The zero-order valence-electron chi connectivity index (χ0n) is 14.6. The lowest BCUT2D eigenvalue weighted by Gasteiger charge is -2.30. The highest BCUT2D eigenvalue weighted by molar-refractivity contribution is 5.99. The van der Waals surface area contributed by atoms with E-state index in [-0.39, 0.29) is 36.8 Å². The maximum Gasteiger partial charge on any atom is 0.262 e. The van der Waals surface area contributed by atoms with Crippen molar-refractivity contribution in [1.29, 1.82) is 0 Å². The van der Waals surface area contributed by atoms with Gasteiger partial charge in [0, 0.05) is 18.7 Å². The lowest BCUT2D eigenvalue weighted by Crippen LogP contribution is -2.36. The summed E-state index contributed by atoms with van der Waals surface area (Å²) in [4.78, 5) is 38.5. The molecule has 0 bridgehead atoms. The summed E-state index contributed by atoms with van der Waals surface area (Å²) in [5.74, 6) is 0.00264. The van der Waals surface area contributed by atoms with Gasteiger partial charge in [0.25, 0.3) is 11.8 Å². The maximum absolute atomic E-state index is 13.2. The van der Waals surface area contributed by atoms with Crippen molar-refractivity contribution in [1.82, 2.24) is 10.2 Å². The second kappa shape index (κ2) is 7.11. The summed E-state index contributed by atoms with van der Waals surface area (Å²) < 4.78 is 5.42. The maximum atomic E-state index is 13.2. The predicted molar refractivity (Wildman–Crippen MR) is 98.4 cm³/mol. The first-order valence-corrected chi connectivity index (χ1v) is 8.81. The molecule has 3 amide bonds. The second-order valence-corrected chi connectivity index (χ2v) is 6.53.